The molecule has 0 fully saturated rings. The second-order valence-electron chi connectivity index (χ2n) is 10.2. The van der Waals surface area contributed by atoms with Crippen molar-refractivity contribution in [2.45, 2.75) is 20.8 Å². The molecule has 0 atom stereocenters. The Labute approximate surface area is 241 Å². The number of ether oxygens (including phenoxy) is 2. The third kappa shape index (κ3) is 7.37. The number of benzene rings is 2. The molecule has 0 aliphatic heterocycles. The molecule has 2 aromatic carbocycles. The number of nitrogens with zero attached hydrogens (tertiary/aromatic N) is 5. The Morgan fingerprint density at radius 3 is 2.39 bits per heavy atom. The van der Waals surface area contributed by atoms with Gasteiger partial charge in [0, 0.05) is 49.6 Å². The lowest BCUT2D eigenvalue weighted by atomic mass is 9.88. The Balaban J connectivity index is 2.14. The maximum atomic E-state index is 13.0. The molecule has 11 nitrogen and oxygen atoms in total. The number of rotatable bonds is 12. The van der Waals surface area contributed by atoms with E-state index < -0.39 is 10.9 Å². The zero-order valence-corrected chi connectivity index (χ0v) is 24.9. The highest BCUT2D eigenvalue weighted by Gasteiger charge is 2.25. The van der Waals surface area contributed by atoms with Crippen molar-refractivity contribution in [2.24, 2.45) is 5.92 Å². The van der Waals surface area contributed by atoms with Crippen LogP contribution in [0.5, 0.6) is 5.75 Å². The fourth-order valence-corrected chi connectivity index (χ4v) is 4.44. The fraction of sp³-hybridized carbons (Fsp3) is 0.367. The lowest BCUT2D eigenvalue weighted by Crippen LogP contribution is -2.28. The van der Waals surface area contributed by atoms with Gasteiger partial charge in [-0.2, -0.15) is 0 Å². The second kappa shape index (κ2) is 13.7. The minimum Gasteiger partial charge on any atom is -0.494 e. The number of hydrogen-bond donors (Lipinski definition) is 1. The number of hydrogen-bond acceptors (Lipinski definition) is 10. The summed E-state index contributed by atoms with van der Waals surface area (Å²) in [5.74, 6) is -0.0351. The van der Waals surface area contributed by atoms with Crippen LogP contribution in [-0.2, 0) is 9.53 Å². The molecule has 0 unspecified atom stereocenters. The highest BCUT2D eigenvalue weighted by Crippen LogP contribution is 2.39. The number of carbonyl (C=O) groups excluding carboxylic acids is 1. The summed E-state index contributed by atoms with van der Waals surface area (Å²) in [7, 11) is 8.54. The average molecular weight is 563 g/mol. The van der Waals surface area contributed by atoms with Gasteiger partial charge in [0.05, 0.1) is 30.5 Å². The largest absolute Gasteiger partial charge is 0.494 e. The predicted octanol–water partition coefficient (Wildman–Crippen LogP) is 5.07. The van der Waals surface area contributed by atoms with E-state index in [0.29, 0.717) is 40.5 Å². The summed E-state index contributed by atoms with van der Waals surface area (Å²) < 4.78 is 10.7. The van der Waals surface area contributed by atoms with Crippen molar-refractivity contribution in [3.05, 3.63) is 81.2 Å². The first-order chi connectivity index (χ1) is 19.5. The molecule has 41 heavy (non-hydrogen) atoms. The van der Waals surface area contributed by atoms with E-state index in [1.807, 2.05) is 68.9 Å². The summed E-state index contributed by atoms with van der Waals surface area (Å²) in [6, 6.07) is 12.5. The predicted molar refractivity (Wildman–Crippen MR) is 161 cm³/mol. The molecule has 1 heterocycles. The third-order valence-corrected chi connectivity index (χ3v) is 6.61. The van der Waals surface area contributed by atoms with Gasteiger partial charge < -0.3 is 24.6 Å². The van der Waals surface area contributed by atoms with Gasteiger partial charge in [0.2, 0.25) is 5.95 Å². The number of aryl methyl sites for hydroxylation is 1. The first-order valence-electron chi connectivity index (χ1n) is 13.2. The van der Waals surface area contributed by atoms with E-state index >= 15 is 0 Å². The first-order valence-corrected chi connectivity index (χ1v) is 13.2. The van der Waals surface area contributed by atoms with Crippen LogP contribution in [0.25, 0.3) is 5.57 Å². The SMILES string of the molecule is COC(=O)/C(=C(\c1ccnc(Nc2cc([N+](=O)[O-])c(N(C)CCN(C)C)cc2OC)n1)c1ccccc1C)C(C)C. The van der Waals surface area contributed by atoms with Gasteiger partial charge >= 0.3 is 5.97 Å². The molecule has 3 aromatic rings. The van der Waals surface area contributed by atoms with Crippen LogP contribution in [0.2, 0.25) is 0 Å². The van der Waals surface area contributed by atoms with Crippen molar-refractivity contribution < 1.29 is 19.2 Å². The van der Waals surface area contributed by atoms with Crippen LogP contribution in [0.15, 0.2) is 54.2 Å². The van der Waals surface area contributed by atoms with E-state index in [9.17, 15) is 14.9 Å². The van der Waals surface area contributed by atoms with Gasteiger partial charge in [-0.3, -0.25) is 10.1 Å². The molecule has 0 aliphatic rings. The van der Waals surface area contributed by atoms with Crippen LogP contribution in [-0.4, -0.2) is 74.2 Å². The minimum atomic E-state index is -0.447. The van der Waals surface area contributed by atoms with E-state index in [1.54, 1.807) is 25.4 Å². The van der Waals surface area contributed by atoms with Crippen molar-refractivity contribution in [2.75, 3.05) is 58.7 Å². The Bertz CT molecular complexity index is 1440. The first kappa shape index (κ1) is 31.0. The van der Waals surface area contributed by atoms with Gasteiger partial charge in [0.1, 0.15) is 11.4 Å². The monoisotopic (exact) mass is 562 g/mol. The summed E-state index contributed by atoms with van der Waals surface area (Å²) in [6.45, 7) is 7.11. The lowest BCUT2D eigenvalue weighted by molar-refractivity contribution is -0.384. The molecule has 218 valence electrons. The number of carbonyl (C=O) groups is 1. The number of anilines is 3. The Morgan fingerprint density at radius 1 is 1.10 bits per heavy atom. The number of nitrogens with one attached hydrogen (secondary N) is 1. The smallest absolute Gasteiger partial charge is 0.334 e. The minimum absolute atomic E-state index is 0.0843. The Hall–Kier alpha value is -4.51. The maximum absolute atomic E-state index is 13.0. The highest BCUT2D eigenvalue weighted by atomic mass is 16.6. The zero-order valence-electron chi connectivity index (χ0n) is 24.9. The van der Waals surface area contributed by atoms with E-state index in [-0.39, 0.29) is 17.6 Å². The van der Waals surface area contributed by atoms with E-state index in [4.69, 9.17) is 14.5 Å². The number of nitro groups is 1. The van der Waals surface area contributed by atoms with Crippen molar-refractivity contribution >= 4 is 34.6 Å². The van der Waals surface area contributed by atoms with E-state index in [0.717, 1.165) is 17.7 Å². The molecule has 0 saturated carbocycles. The lowest BCUT2D eigenvalue weighted by Gasteiger charge is -2.23. The molecule has 3 rings (SSSR count). The van der Waals surface area contributed by atoms with Crippen molar-refractivity contribution in [3.63, 3.8) is 0 Å². The van der Waals surface area contributed by atoms with Crippen LogP contribution in [0.1, 0.15) is 30.7 Å². The number of aromatic nitrogens is 2. The number of esters is 1. The number of methoxy groups -OCH3 is 2. The highest BCUT2D eigenvalue weighted by molar-refractivity contribution is 6.02. The van der Waals surface area contributed by atoms with E-state index in [1.165, 1.54) is 20.3 Å². The van der Waals surface area contributed by atoms with Crippen molar-refractivity contribution in [1.29, 1.82) is 0 Å². The summed E-state index contributed by atoms with van der Waals surface area (Å²) in [5.41, 5.74) is 4.08. The normalized spacial score (nSPS) is 11.8. The van der Waals surface area contributed by atoms with Crippen LogP contribution >= 0.6 is 0 Å². The molecule has 1 aromatic heterocycles. The van der Waals surface area contributed by atoms with Crippen molar-refractivity contribution in [1.82, 2.24) is 14.9 Å². The Kier molecular flexibility index (Phi) is 10.4. The van der Waals surface area contributed by atoms with Crippen molar-refractivity contribution in [3.8, 4) is 5.75 Å². The molecule has 0 radical (unpaired) electrons. The molecule has 0 spiro atoms. The van der Waals surface area contributed by atoms with Gasteiger partial charge in [-0.1, -0.05) is 38.1 Å². The summed E-state index contributed by atoms with van der Waals surface area (Å²) in [4.78, 5) is 37.5. The molecule has 0 aliphatic carbocycles. The fourth-order valence-electron chi connectivity index (χ4n) is 4.44. The van der Waals surface area contributed by atoms with Gasteiger partial charge in [0.15, 0.2) is 0 Å². The number of likely N-dealkylation sites (N-methyl/N-ethyl adjacent to an activating group) is 2. The van der Waals surface area contributed by atoms with Crippen LogP contribution in [0.3, 0.4) is 0 Å². The molecule has 11 heteroatoms. The van der Waals surface area contributed by atoms with Gasteiger partial charge in [-0.25, -0.2) is 14.8 Å². The quantitative estimate of drug-likeness (QED) is 0.138. The summed E-state index contributed by atoms with van der Waals surface area (Å²) in [5, 5.41) is 15.1. The standard InChI is InChI=1S/C30H38N6O5/c1-19(2)27(29(37)41-8)28(21-12-10-9-11-20(21)3)22-13-14-31-30(32-22)33-23-17-25(36(38)39)24(18-26(23)40-7)35(6)16-15-34(4)5/h9-14,17-19H,15-16H2,1-8H3,(H,31,32,33)/b28-27-. The molecule has 0 bridgehead atoms. The van der Waals surface area contributed by atoms with Crippen LogP contribution < -0.4 is 15.0 Å². The van der Waals surface area contributed by atoms with Crippen LogP contribution in [0.4, 0.5) is 23.0 Å². The zero-order chi connectivity index (χ0) is 30.3. The number of nitro benzene ring substituents is 1. The maximum Gasteiger partial charge on any atom is 0.334 e. The average Bonchev–Trinajstić information content (AvgIpc) is 2.94. The van der Waals surface area contributed by atoms with Crippen LogP contribution in [0, 0.1) is 23.0 Å². The topological polar surface area (TPSA) is 123 Å². The third-order valence-electron chi connectivity index (χ3n) is 6.61. The molecular formula is C30H38N6O5. The van der Waals surface area contributed by atoms with E-state index in [2.05, 4.69) is 10.3 Å². The molecule has 1 N–H and O–H groups in total. The molecule has 0 saturated heterocycles. The van der Waals surface area contributed by atoms with Gasteiger partial charge in [-0.15, -0.1) is 0 Å². The van der Waals surface area contributed by atoms with Gasteiger partial charge in [-0.05, 0) is 44.1 Å². The Morgan fingerprint density at radius 2 is 1.80 bits per heavy atom. The molecular weight excluding hydrogens is 524 g/mol. The second-order valence-corrected chi connectivity index (χ2v) is 10.2. The van der Waals surface area contributed by atoms with Gasteiger partial charge in [0.25, 0.3) is 5.69 Å². The summed E-state index contributed by atoms with van der Waals surface area (Å²) in [6.07, 6.45) is 1.57. The summed E-state index contributed by atoms with van der Waals surface area (Å²) >= 11 is 0. The molecule has 0 amide bonds.